The van der Waals surface area contributed by atoms with Gasteiger partial charge in [0.25, 0.3) is 0 Å². The lowest BCUT2D eigenvalue weighted by Gasteiger charge is -2.38. The summed E-state index contributed by atoms with van der Waals surface area (Å²) >= 11 is 0. The molecule has 4 aromatic rings. The minimum Gasteiger partial charge on any atom is -0.481 e. The number of carbonyl (C=O) groups excluding carboxylic acids is 2. The number of ether oxygens (including phenoxy) is 4. The molecule has 1 saturated heterocycles. The lowest BCUT2D eigenvalue weighted by molar-refractivity contribution is -0.148. The van der Waals surface area contributed by atoms with Crippen molar-refractivity contribution in [2.45, 2.75) is 44.3 Å². The Hall–Kier alpha value is -5.10. The Morgan fingerprint density at radius 2 is 0.787 bits per heavy atom. The second-order valence-electron chi connectivity index (χ2n) is 12.4. The number of hydrogen-bond donors (Lipinski definition) is 0. The van der Waals surface area contributed by atoms with Crippen LogP contribution in [0.15, 0.2) is 144 Å². The first kappa shape index (κ1) is 30.5. The Morgan fingerprint density at radius 1 is 0.489 bits per heavy atom. The van der Waals surface area contributed by atoms with Gasteiger partial charge in [0, 0.05) is 34.1 Å². The van der Waals surface area contributed by atoms with E-state index in [1.54, 1.807) is 0 Å². The molecule has 0 N–H and O–H groups in total. The van der Waals surface area contributed by atoms with E-state index in [-0.39, 0.29) is 25.0 Å². The second kappa shape index (κ2) is 12.6. The van der Waals surface area contributed by atoms with Crippen LogP contribution in [0.4, 0.5) is 0 Å². The largest absolute Gasteiger partial charge is 0.481 e. The van der Waals surface area contributed by atoms with Gasteiger partial charge in [0.15, 0.2) is 11.2 Å². The smallest absolute Gasteiger partial charge is 0.338 e. The summed E-state index contributed by atoms with van der Waals surface area (Å²) in [6.45, 7) is 3.55. The zero-order valence-electron chi connectivity index (χ0n) is 26.7. The van der Waals surface area contributed by atoms with Gasteiger partial charge in [-0.2, -0.15) is 0 Å². The number of rotatable bonds is 4. The lowest BCUT2D eigenvalue weighted by atomic mass is 9.69. The molecule has 0 aliphatic carbocycles. The number of fused-ring (bicyclic) bond motifs is 2. The van der Waals surface area contributed by atoms with Gasteiger partial charge in [0.1, 0.15) is 24.7 Å². The number of benzene rings is 4. The zero-order valence-corrected chi connectivity index (χ0v) is 26.7. The molecule has 1 fully saturated rings. The van der Waals surface area contributed by atoms with E-state index < -0.39 is 23.1 Å². The van der Waals surface area contributed by atoms with E-state index in [1.807, 2.05) is 86.6 Å². The third-order valence-electron chi connectivity index (χ3n) is 9.85. The van der Waals surface area contributed by atoms with Gasteiger partial charge in [-0.05, 0) is 26.7 Å². The summed E-state index contributed by atoms with van der Waals surface area (Å²) in [5.41, 5.74) is 3.02. The van der Waals surface area contributed by atoms with Crippen LogP contribution in [0, 0.1) is 11.8 Å². The van der Waals surface area contributed by atoms with Crippen LogP contribution in [-0.4, -0.2) is 25.2 Å². The average Bonchev–Trinajstić information content (AvgIpc) is 3.59. The predicted octanol–water partition coefficient (Wildman–Crippen LogP) is 7.99. The maximum absolute atomic E-state index is 13.8. The molecule has 0 spiro atoms. The Morgan fingerprint density at radius 3 is 1.09 bits per heavy atom. The molecule has 3 aliphatic rings. The lowest BCUT2D eigenvalue weighted by Crippen LogP contribution is -2.38. The van der Waals surface area contributed by atoms with Gasteiger partial charge in [-0.25, -0.2) is 9.59 Å². The first-order chi connectivity index (χ1) is 23.0. The van der Waals surface area contributed by atoms with Crippen LogP contribution in [0.5, 0.6) is 0 Å². The van der Waals surface area contributed by atoms with E-state index in [0.717, 1.165) is 22.3 Å². The maximum Gasteiger partial charge on any atom is 0.338 e. The Bertz CT molecular complexity index is 1600. The van der Waals surface area contributed by atoms with Gasteiger partial charge in [0.2, 0.25) is 0 Å². The number of cyclic esters (lactones) is 2. The maximum atomic E-state index is 13.8. The first-order valence-corrected chi connectivity index (χ1v) is 16.3. The van der Waals surface area contributed by atoms with E-state index in [1.165, 1.54) is 0 Å². The highest BCUT2D eigenvalue weighted by Crippen LogP contribution is 2.56. The molecule has 47 heavy (non-hydrogen) atoms. The zero-order chi connectivity index (χ0) is 32.4. The van der Waals surface area contributed by atoms with Gasteiger partial charge in [-0.3, -0.25) is 0 Å². The minimum absolute atomic E-state index is 0.0713. The molecule has 0 aromatic heterocycles. The molecular weight excluding hydrogens is 588 g/mol. The Balaban J connectivity index is 1.36. The molecule has 6 nitrogen and oxygen atoms in total. The van der Waals surface area contributed by atoms with Gasteiger partial charge in [-0.15, -0.1) is 0 Å². The highest BCUT2D eigenvalue weighted by Gasteiger charge is 2.56. The van der Waals surface area contributed by atoms with E-state index in [0.29, 0.717) is 41.9 Å². The van der Waals surface area contributed by atoms with Crippen LogP contribution in [0.2, 0.25) is 0 Å². The topological polar surface area (TPSA) is 71.1 Å². The normalized spacial score (nSPS) is 22.3. The van der Waals surface area contributed by atoms with Gasteiger partial charge >= 0.3 is 11.9 Å². The van der Waals surface area contributed by atoms with Crippen LogP contribution >= 0.6 is 0 Å². The van der Waals surface area contributed by atoms with Gasteiger partial charge in [0.05, 0.1) is 11.1 Å². The Labute approximate surface area is 275 Å². The molecule has 0 saturated carbocycles. The van der Waals surface area contributed by atoms with E-state index in [2.05, 4.69) is 48.5 Å². The quantitative estimate of drug-likeness (QED) is 0.214. The highest BCUT2D eigenvalue weighted by molar-refractivity contribution is 5.92. The van der Waals surface area contributed by atoms with Gasteiger partial charge in [-0.1, -0.05) is 128 Å². The van der Waals surface area contributed by atoms with Crippen LogP contribution in [-0.2, 0) is 39.7 Å². The van der Waals surface area contributed by atoms with Crippen molar-refractivity contribution < 1.29 is 28.5 Å². The molecule has 4 aromatic carbocycles. The molecule has 3 aliphatic heterocycles. The fraction of sp³-hybridized carbons (Fsp3) is 0.268. The molecule has 2 unspecified atom stereocenters. The van der Waals surface area contributed by atoms with Crippen molar-refractivity contribution in [2.75, 3.05) is 13.2 Å². The van der Waals surface area contributed by atoms with E-state index in [9.17, 15) is 9.59 Å². The molecule has 2 atom stereocenters. The SMILES string of the molecule is CC1=C2C(=O)OCCOC(=O)C3=C(C)OC(c4ccccc4)(c4ccccc4)C3CCCC2C(c2ccccc2)(c2ccccc2)O1. The fourth-order valence-electron chi connectivity index (χ4n) is 7.97. The molecule has 0 amide bonds. The van der Waals surface area contributed by atoms with Crippen molar-refractivity contribution >= 4 is 11.9 Å². The number of esters is 2. The standard InChI is InChI=1S/C41H38O6/c1-28-36-34(40(46-28,30-16-7-3-8-17-30)31-18-9-4-10-19-31)24-15-25-35-37(39(43)45-27-26-44-38(36)42)29(2)47-41(35,32-20-11-5-12-21-32)33-22-13-6-14-23-33/h3-14,16-23,34-35H,15,24-27H2,1-2H3. The van der Waals surface area contributed by atoms with E-state index in [4.69, 9.17) is 18.9 Å². The highest BCUT2D eigenvalue weighted by atomic mass is 16.6. The van der Waals surface area contributed by atoms with Crippen molar-refractivity contribution in [1.82, 2.24) is 0 Å². The van der Waals surface area contributed by atoms with Crippen LogP contribution in [0.3, 0.4) is 0 Å². The predicted molar refractivity (Wildman–Crippen MR) is 178 cm³/mol. The van der Waals surface area contributed by atoms with Crippen molar-refractivity contribution in [3.8, 4) is 0 Å². The molecule has 0 bridgehead atoms. The van der Waals surface area contributed by atoms with E-state index >= 15 is 0 Å². The summed E-state index contributed by atoms with van der Waals surface area (Å²) < 4.78 is 25.3. The van der Waals surface area contributed by atoms with Crippen molar-refractivity contribution in [2.24, 2.45) is 11.8 Å². The van der Waals surface area contributed by atoms with Crippen LogP contribution in [0.1, 0.15) is 55.4 Å². The first-order valence-electron chi connectivity index (χ1n) is 16.3. The fourth-order valence-corrected chi connectivity index (χ4v) is 7.97. The second-order valence-corrected chi connectivity index (χ2v) is 12.4. The Kier molecular flexibility index (Phi) is 8.19. The third-order valence-corrected chi connectivity index (χ3v) is 9.85. The number of hydrogen-bond acceptors (Lipinski definition) is 6. The molecule has 3 heterocycles. The molecular formula is C41H38O6. The van der Waals surface area contributed by atoms with Gasteiger partial charge < -0.3 is 18.9 Å². The molecule has 6 heteroatoms. The minimum atomic E-state index is -0.940. The van der Waals surface area contributed by atoms with Crippen molar-refractivity contribution in [1.29, 1.82) is 0 Å². The third kappa shape index (κ3) is 5.12. The van der Waals surface area contributed by atoms with Crippen molar-refractivity contribution in [3.63, 3.8) is 0 Å². The summed E-state index contributed by atoms with van der Waals surface area (Å²) in [5, 5.41) is 0. The van der Waals surface area contributed by atoms with Crippen LogP contribution < -0.4 is 0 Å². The summed E-state index contributed by atoms with van der Waals surface area (Å²) in [6, 6.07) is 40.4. The van der Waals surface area contributed by atoms with Crippen LogP contribution in [0.25, 0.3) is 0 Å². The number of allylic oxidation sites excluding steroid dienone is 2. The average molecular weight is 627 g/mol. The van der Waals surface area contributed by atoms with Crippen molar-refractivity contribution in [3.05, 3.63) is 166 Å². The summed E-state index contributed by atoms with van der Waals surface area (Å²) in [4.78, 5) is 27.7. The molecule has 7 rings (SSSR count). The molecule has 0 radical (unpaired) electrons. The number of carbonyl (C=O) groups is 2. The summed E-state index contributed by atoms with van der Waals surface area (Å²) in [7, 11) is 0. The summed E-state index contributed by atoms with van der Waals surface area (Å²) in [5.74, 6) is -0.505. The summed E-state index contributed by atoms with van der Waals surface area (Å²) in [6.07, 6.45) is 1.87. The molecule has 238 valence electrons. The monoisotopic (exact) mass is 626 g/mol.